The second kappa shape index (κ2) is 10.4. The largest absolute Gasteiger partial charge is 0.481 e. The number of aromatic nitrogens is 4. The zero-order chi connectivity index (χ0) is 28.7. The number of fused-ring (bicyclic) bond motifs is 1. The maximum absolute atomic E-state index is 13.7. The van der Waals surface area contributed by atoms with Crippen molar-refractivity contribution < 1.29 is 23.1 Å². The number of rotatable bonds is 5. The minimum absolute atomic E-state index is 0.0174. The van der Waals surface area contributed by atoms with Gasteiger partial charge in [0.15, 0.2) is 5.65 Å². The quantitative estimate of drug-likeness (QED) is 0.292. The van der Waals surface area contributed by atoms with E-state index in [1.807, 2.05) is 29.2 Å². The smallest absolute Gasteiger partial charge is 0.418 e. The van der Waals surface area contributed by atoms with Gasteiger partial charge in [0.25, 0.3) is 0 Å². The molecule has 1 aliphatic rings. The van der Waals surface area contributed by atoms with Gasteiger partial charge in [-0.3, -0.25) is 9.78 Å². The Morgan fingerprint density at radius 3 is 2.30 bits per heavy atom. The van der Waals surface area contributed by atoms with Crippen molar-refractivity contribution in [3.8, 4) is 11.4 Å². The Kier molecular flexibility index (Phi) is 7.07. The molecular formula is C29H29F3N6O2. The highest BCUT2D eigenvalue weighted by molar-refractivity contribution is 5.91. The van der Waals surface area contributed by atoms with Gasteiger partial charge in [-0.05, 0) is 60.2 Å². The fourth-order valence-corrected chi connectivity index (χ4v) is 4.72. The van der Waals surface area contributed by atoms with Gasteiger partial charge in [0.2, 0.25) is 5.95 Å². The van der Waals surface area contributed by atoms with E-state index in [4.69, 9.17) is 4.98 Å². The summed E-state index contributed by atoms with van der Waals surface area (Å²) in [7, 11) is 0. The van der Waals surface area contributed by atoms with E-state index in [2.05, 4.69) is 41.0 Å². The molecule has 0 aliphatic carbocycles. The van der Waals surface area contributed by atoms with Crippen LogP contribution in [0.4, 0.5) is 30.6 Å². The van der Waals surface area contributed by atoms with Gasteiger partial charge in [0.1, 0.15) is 11.5 Å². The van der Waals surface area contributed by atoms with Crippen molar-refractivity contribution in [3.63, 3.8) is 0 Å². The number of alkyl halides is 3. The van der Waals surface area contributed by atoms with Crippen molar-refractivity contribution in [2.75, 3.05) is 23.3 Å². The Morgan fingerprint density at radius 1 is 0.975 bits per heavy atom. The number of piperidine rings is 1. The predicted octanol–water partition coefficient (Wildman–Crippen LogP) is 6.45. The number of halogens is 3. The minimum Gasteiger partial charge on any atom is -0.481 e. The average molecular weight is 551 g/mol. The molecule has 11 heteroatoms. The highest BCUT2D eigenvalue weighted by Gasteiger charge is 2.35. The number of nitrogens with zero attached hydrogens (tertiary/aromatic N) is 5. The lowest BCUT2D eigenvalue weighted by Crippen LogP contribution is -2.37. The SMILES string of the molecule is CC(C)(C)c1ccc(Nc2nc(N3CCC(C(=O)O)CC3)nc3nc(-c4ncccc4C(F)(F)F)ccc23)cc1. The maximum Gasteiger partial charge on any atom is 0.418 e. The van der Waals surface area contributed by atoms with Crippen LogP contribution in [-0.2, 0) is 16.4 Å². The lowest BCUT2D eigenvalue weighted by Gasteiger charge is -2.30. The van der Waals surface area contributed by atoms with Crippen LogP contribution in [0.1, 0.15) is 44.7 Å². The molecule has 0 bridgehead atoms. The molecule has 0 radical (unpaired) electrons. The van der Waals surface area contributed by atoms with Gasteiger partial charge in [-0.15, -0.1) is 0 Å². The molecule has 40 heavy (non-hydrogen) atoms. The number of carboxylic acid groups (broad SMARTS) is 1. The van der Waals surface area contributed by atoms with E-state index in [0.717, 1.165) is 17.3 Å². The van der Waals surface area contributed by atoms with Gasteiger partial charge in [-0.25, -0.2) is 4.98 Å². The van der Waals surface area contributed by atoms with Crippen LogP contribution in [0, 0.1) is 5.92 Å². The summed E-state index contributed by atoms with van der Waals surface area (Å²) in [4.78, 5) is 31.1. The van der Waals surface area contributed by atoms with Crippen LogP contribution in [0.2, 0.25) is 0 Å². The first-order valence-corrected chi connectivity index (χ1v) is 13.0. The normalized spacial score (nSPS) is 14.9. The second-order valence-corrected chi connectivity index (χ2v) is 10.9. The number of nitrogens with one attached hydrogen (secondary N) is 1. The first-order valence-electron chi connectivity index (χ1n) is 13.0. The number of pyridine rings is 2. The molecule has 0 spiro atoms. The van der Waals surface area contributed by atoms with E-state index >= 15 is 0 Å². The molecule has 8 nitrogen and oxygen atoms in total. The van der Waals surface area contributed by atoms with Gasteiger partial charge in [-0.2, -0.15) is 23.1 Å². The molecule has 0 unspecified atom stereocenters. The summed E-state index contributed by atoms with van der Waals surface area (Å²) >= 11 is 0. The standard InChI is InChI=1S/C29H29F3N6O2/c1-28(2,3)18-6-8-19(9-7-18)34-24-20-10-11-22(23-21(29(30,31)32)5-4-14-33-23)35-25(20)37-27(36-24)38-15-12-17(13-16-38)26(39)40/h4-11,14,17H,12-13,15-16H2,1-3H3,(H,39,40)(H,34,35,36,37). The predicted molar refractivity (Wildman–Crippen MR) is 147 cm³/mol. The maximum atomic E-state index is 13.7. The number of aliphatic carboxylic acids is 1. The lowest BCUT2D eigenvalue weighted by atomic mass is 9.87. The molecule has 0 amide bonds. The summed E-state index contributed by atoms with van der Waals surface area (Å²) in [5.41, 5.74) is 0.990. The van der Waals surface area contributed by atoms with Crippen molar-refractivity contribution >= 4 is 34.5 Å². The lowest BCUT2D eigenvalue weighted by molar-refractivity contribution is -0.142. The second-order valence-electron chi connectivity index (χ2n) is 10.9. The van der Waals surface area contributed by atoms with Crippen LogP contribution in [0.3, 0.4) is 0 Å². The molecule has 1 aliphatic heterocycles. The number of anilines is 3. The number of carboxylic acids is 1. The zero-order valence-corrected chi connectivity index (χ0v) is 22.3. The third-order valence-electron chi connectivity index (χ3n) is 7.04. The van der Waals surface area contributed by atoms with E-state index < -0.39 is 23.6 Å². The van der Waals surface area contributed by atoms with Gasteiger partial charge in [0.05, 0.1) is 22.6 Å². The fraction of sp³-hybridized carbons (Fsp3) is 0.345. The Balaban J connectivity index is 1.58. The number of benzene rings is 1. The van der Waals surface area contributed by atoms with Gasteiger partial charge >= 0.3 is 12.1 Å². The highest BCUT2D eigenvalue weighted by Crippen LogP contribution is 2.36. The van der Waals surface area contributed by atoms with E-state index in [-0.39, 0.29) is 22.5 Å². The van der Waals surface area contributed by atoms with Crippen molar-refractivity contribution in [2.24, 2.45) is 5.92 Å². The van der Waals surface area contributed by atoms with Gasteiger partial charge in [-0.1, -0.05) is 32.9 Å². The summed E-state index contributed by atoms with van der Waals surface area (Å²) in [5.74, 6) is -0.501. The zero-order valence-electron chi connectivity index (χ0n) is 22.3. The topological polar surface area (TPSA) is 104 Å². The first-order chi connectivity index (χ1) is 18.9. The average Bonchev–Trinajstić information content (AvgIpc) is 2.92. The molecule has 0 saturated carbocycles. The summed E-state index contributed by atoms with van der Waals surface area (Å²) in [6.07, 6.45) is -2.44. The van der Waals surface area contributed by atoms with E-state index in [9.17, 15) is 23.1 Å². The Bertz CT molecular complexity index is 1540. The van der Waals surface area contributed by atoms with Gasteiger partial charge < -0.3 is 15.3 Å². The Hall–Kier alpha value is -4.28. The summed E-state index contributed by atoms with van der Waals surface area (Å²) in [6, 6.07) is 13.3. The van der Waals surface area contributed by atoms with Crippen LogP contribution in [-0.4, -0.2) is 44.1 Å². The minimum atomic E-state index is -4.60. The van der Waals surface area contributed by atoms with Crippen molar-refractivity contribution in [1.29, 1.82) is 0 Å². The van der Waals surface area contributed by atoms with Crippen molar-refractivity contribution in [2.45, 2.75) is 45.2 Å². The molecule has 1 fully saturated rings. The molecule has 1 saturated heterocycles. The van der Waals surface area contributed by atoms with Crippen LogP contribution in [0.5, 0.6) is 0 Å². The molecule has 1 aromatic carbocycles. The number of carbonyl (C=O) groups is 1. The molecule has 5 rings (SSSR count). The van der Waals surface area contributed by atoms with Crippen LogP contribution in [0.15, 0.2) is 54.7 Å². The Labute approximate surface area is 229 Å². The third-order valence-corrected chi connectivity index (χ3v) is 7.04. The van der Waals surface area contributed by atoms with E-state index in [0.29, 0.717) is 43.1 Å². The molecule has 3 aromatic heterocycles. The number of hydrogen-bond acceptors (Lipinski definition) is 7. The van der Waals surface area contributed by atoms with Crippen LogP contribution in [0.25, 0.3) is 22.4 Å². The molecule has 208 valence electrons. The van der Waals surface area contributed by atoms with Gasteiger partial charge in [0, 0.05) is 25.0 Å². The van der Waals surface area contributed by atoms with E-state index in [1.54, 1.807) is 6.07 Å². The molecule has 4 heterocycles. The van der Waals surface area contributed by atoms with E-state index in [1.165, 1.54) is 18.3 Å². The summed E-state index contributed by atoms with van der Waals surface area (Å²) in [6.45, 7) is 7.24. The molecule has 4 aromatic rings. The summed E-state index contributed by atoms with van der Waals surface area (Å²) in [5, 5.41) is 13.2. The Morgan fingerprint density at radius 2 is 1.68 bits per heavy atom. The first kappa shape index (κ1) is 27.3. The third kappa shape index (κ3) is 5.68. The number of hydrogen-bond donors (Lipinski definition) is 2. The molecule has 2 N–H and O–H groups in total. The fourth-order valence-electron chi connectivity index (χ4n) is 4.72. The van der Waals surface area contributed by atoms with Crippen molar-refractivity contribution in [1.82, 2.24) is 19.9 Å². The highest BCUT2D eigenvalue weighted by atomic mass is 19.4. The summed E-state index contributed by atoms with van der Waals surface area (Å²) < 4.78 is 41.1. The monoisotopic (exact) mass is 550 g/mol. The molecular weight excluding hydrogens is 521 g/mol. The van der Waals surface area contributed by atoms with Crippen LogP contribution < -0.4 is 10.2 Å². The molecule has 0 atom stereocenters. The van der Waals surface area contributed by atoms with Crippen molar-refractivity contribution in [3.05, 3.63) is 65.9 Å². The van der Waals surface area contributed by atoms with Crippen LogP contribution >= 0.6 is 0 Å².